The number of unbranched alkanes of at least 4 members (excludes halogenated alkanes) is 1. The molecule has 0 aromatic rings. The van der Waals surface area contributed by atoms with Gasteiger partial charge in [0, 0.05) is 5.54 Å². The highest BCUT2D eigenvalue weighted by Crippen LogP contribution is 2.21. The van der Waals surface area contributed by atoms with Gasteiger partial charge in [0.05, 0.1) is 0 Å². The van der Waals surface area contributed by atoms with Crippen molar-refractivity contribution in [3.63, 3.8) is 0 Å². The van der Waals surface area contributed by atoms with E-state index in [1.54, 1.807) is 0 Å². The fraction of sp³-hybridized carbons (Fsp3) is 1.00. The van der Waals surface area contributed by atoms with E-state index in [-0.39, 0.29) is 5.54 Å². The van der Waals surface area contributed by atoms with Crippen molar-refractivity contribution in [2.75, 3.05) is 6.54 Å². The summed E-state index contributed by atoms with van der Waals surface area (Å²) >= 11 is 0. The maximum Gasteiger partial charge on any atom is 0.00966 e. The first-order valence-electron chi connectivity index (χ1n) is 6.65. The molecule has 0 aromatic carbocycles. The van der Waals surface area contributed by atoms with E-state index in [0.29, 0.717) is 0 Å². The lowest BCUT2D eigenvalue weighted by Gasteiger charge is -2.28. The zero-order chi connectivity index (χ0) is 11.9. The molecule has 0 rings (SSSR count). The van der Waals surface area contributed by atoms with E-state index in [1.165, 1.54) is 25.7 Å². The van der Waals surface area contributed by atoms with Crippen molar-refractivity contribution in [2.45, 2.75) is 72.8 Å². The molecule has 15 heavy (non-hydrogen) atoms. The molecule has 1 N–H and O–H groups in total. The fourth-order valence-electron chi connectivity index (χ4n) is 1.99. The Balaban J connectivity index is 3.87. The second-order valence-electron chi connectivity index (χ2n) is 5.92. The van der Waals surface area contributed by atoms with E-state index in [0.717, 1.165) is 18.4 Å². The third kappa shape index (κ3) is 7.84. The first-order valence-corrected chi connectivity index (χ1v) is 6.65. The van der Waals surface area contributed by atoms with Crippen LogP contribution in [-0.4, -0.2) is 12.1 Å². The normalized spacial score (nSPS) is 16.4. The van der Waals surface area contributed by atoms with Crippen molar-refractivity contribution >= 4 is 0 Å². The van der Waals surface area contributed by atoms with Crippen molar-refractivity contribution in [3.8, 4) is 0 Å². The van der Waals surface area contributed by atoms with E-state index in [4.69, 9.17) is 0 Å². The SMILES string of the molecule is CCCCC(CC)C(C)CNC(C)(C)C. The van der Waals surface area contributed by atoms with Crippen LogP contribution in [0.1, 0.15) is 67.2 Å². The lowest BCUT2D eigenvalue weighted by molar-refractivity contribution is 0.279. The monoisotopic (exact) mass is 213 g/mol. The Hall–Kier alpha value is -0.0400. The third-order valence-electron chi connectivity index (χ3n) is 3.21. The average Bonchev–Trinajstić information content (AvgIpc) is 2.15. The summed E-state index contributed by atoms with van der Waals surface area (Å²) in [5.41, 5.74) is 0.261. The minimum Gasteiger partial charge on any atom is -0.312 e. The Bertz CT molecular complexity index is 146. The molecule has 0 bridgehead atoms. The van der Waals surface area contributed by atoms with Crippen LogP contribution < -0.4 is 5.32 Å². The molecule has 0 fully saturated rings. The van der Waals surface area contributed by atoms with Gasteiger partial charge < -0.3 is 5.32 Å². The van der Waals surface area contributed by atoms with Crippen LogP contribution in [0.3, 0.4) is 0 Å². The van der Waals surface area contributed by atoms with Crippen LogP contribution in [-0.2, 0) is 0 Å². The smallest absolute Gasteiger partial charge is 0.00966 e. The Morgan fingerprint density at radius 3 is 2.13 bits per heavy atom. The molecule has 0 aliphatic heterocycles. The fourth-order valence-corrected chi connectivity index (χ4v) is 1.99. The number of rotatable bonds is 7. The second kappa shape index (κ2) is 7.27. The molecule has 0 amide bonds. The molecule has 0 aliphatic rings. The van der Waals surface area contributed by atoms with E-state index in [1.807, 2.05) is 0 Å². The molecular formula is C14H31N. The summed E-state index contributed by atoms with van der Waals surface area (Å²) in [4.78, 5) is 0. The first-order chi connectivity index (χ1) is 6.90. The number of hydrogen-bond acceptors (Lipinski definition) is 1. The van der Waals surface area contributed by atoms with Crippen LogP contribution >= 0.6 is 0 Å². The standard InChI is InChI=1S/C14H31N/c1-7-9-10-13(8-2)12(3)11-15-14(4,5)6/h12-13,15H,7-11H2,1-6H3. The van der Waals surface area contributed by atoms with Gasteiger partial charge in [-0.05, 0) is 39.2 Å². The average molecular weight is 213 g/mol. The molecule has 2 atom stereocenters. The quantitative estimate of drug-likeness (QED) is 0.667. The molecule has 0 heterocycles. The van der Waals surface area contributed by atoms with Gasteiger partial charge in [-0.1, -0.05) is 46.5 Å². The van der Waals surface area contributed by atoms with Crippen LogP contribution in [0.15, 0.2) is 0 Å². The summed E-state index contributed by atoms with van der Waals surface area (Å²) < 4.78 is 0. The molecular weight excluding hydrogens is 182 g/mol. The van der Waals surface area contributed by atoms with Crippen molar-refractivity contribution in [2.24, 2.45) is 11.8 Å². The molecule has 92 valence electrons. The lowest BCUT2D eigenvalue weighted by atomic mass is 9.86. The van der Waals surface area contributed by atoms with Crippen LogP contribution in [0.2, 0.25) is 0 Å². The number of nitrogens with one attached hydrogen (secondary N) is 1. The van der Waals surface area contributed by atoms with Crippen LogP contribution in [0.5, 0.6) is 0 Å². The van der Waals surface area contributed by atoms with Gasteiger partial charge in [0.2, 0.25) is 0 Å². The van der Waals surface area contributed by atoms with Gasteiger partial charge in [-0.3, -0.25) is 0 Å². The summed E-state index contributed by atoms with van der Waals surface area (Å²) in [7, 11) is 0. The van der Waals surface area contributed by atoms with Gasteiger partial charge >= 0.3 is 0 Å². The molecule has 0 aromatic heterocycles. The molecule has 0 saturated carbocycles. The summed E-state index contributed by atoms with van der Waals surface area (Å²) in [6.45, 7) is 14.9. The highest BCUT2D eigenvalue weighted by Gasteiger charge is 2.17. The molecule has 2 unspecified atom stereocenters. The molecule has 0 radical (unpaired) electrons. The summed E-state index contributed by atoms with van der Waals surface area (Å²) in [6, 6.07) is 0. The van der Waals surface area contributed by atoms with E-state index in [9.17, 15) is 0 Å². The van der Waals surface area contributed by atoms with Crippen LogP contribution in [0.25, 0.3) is 0 Å². The van der Waals surface area contributed by atoms with Gasteiger partial charge in [-0.15, -0.1) is 0 Å². The second-order valence-corrected chi connectivity index (χ2v) is 5.92. The maximum atomic E-state index is 3.61. The van der Waals surface area contributed by atoms with Crippen molar-refractivity contribution < 1.29 is 0 Å². The van der Waals surface area contributed by atoms with Crippen LogP contribution in [0.4, 0.5) is 0 Å². The minimum absolute atomic E-state index is 0.261. The highest BCUT2D eigenvalue weighted by atomic mass is 14.9. The summed E-state index contributed by atoms with van der Waals surface area (Å²) in [5, 5.41) is 3.61. The van der Waals surface area contributed by atoms with Gasteiger partial charge in [0.1, 0.15) is 0 Å². The van der Waals surface area contributed by atoms with E-state index >= 15 is 0 Å². The van der Waals surface area contributed by atoms with Crippen molar-refractivity contribution in [1.29, 1.82) is 0 Å². The Kier molecular flexibility index (Phi) is 7.25. The maximum absolute atomic E-state index is 3.61. The molecule has 0 spiro atoms. The predicted octanol–water partition coefficient (Wildman–Crippen LogP) is 4.23. The van der Waals surface area contributed by atoms with Crippen molar-refractivity contribution in [3.05, 3.63) is 0 Å². The lowest BCUT2D eigenvalue weighted by Crippen LogP contribution is -2.40. The van der Waals surface area contributed by atoms with Crippen molar-refractivity contribution in [1.82, 2.24) is 5.32 Å². The summed E-state index contributed by atoms with van der Waals surface area (Å²) in [5.74, 6) is 1.71. The molecule has 1 heteroatoms. The zero-order valence-electron chi connectivity index (χ0n) is 11.7. The van der Waals surface area contributed by atoms with Gasteiger partial charge in [0.25, 0.3) is 0 Å². The van der Waals surface area contributed by atoms with Gasteiger partial charge in [-0.2, -0.15) is 0 Å². The Morgan fingerprint density at radius 2 is 1.73 bits per heavy atom. The van der Waals surface area contributed by atoms with Gasteiger partial charge in [0.15, 0.2) is 0 Å². The predicted molar refractivity (Wildman–Crippen MR) is 70.2 cm³/mol. The highest BCUT2D eigenvalue weighted by molar-refractivity contribution is 4.74. The van der Waals surface area contributed by atoms with E-state index in [2.05, 4.69) is 46.9 Å². The minimum atomic E-state index is 0.261. The summed E-state index contributed by atoms with van der Waals surface area (Å²) in [6.07, 6.45) is 5.45. The number of hydrogen-bond donors (Lipinski definition) is 1. The molecule has 0 aliphatic carbocycles. The van der Waals surface area contributed by atoms with Gasteiger partial charge in [-0.25, -0.2) is 0 Å². The Morgan fingerprint density at radius 1 is 1.13 bits per heavy atom. The van der Waals surface area contributed by atoms with E-state index < -0.39 is 0 Å². The topological polar surface area (TPSA) is 12.0 Å². The third-order valence-corrected chi connectivity index (χ3v) is 3.21. The zero-order valence-corrected chi connectivity index (χ0v) is 11.7. The van der Waals surface area contributed by atoms with Crippen LogP contribution in [0, 0.1) is 11.8 Å². The molecule has 1 nitrogen and oxygen atoms in total. The Labute approximate surface area is 97.0 Å². The molecule has 0 saturated heterocycles. The first kappa shape index (κ1) is 15.0. The largest absolute Gasteiger partial charge is 0.312 e.